The molecule has 24 heavy (non-hydrogen) atoms. The highest BCUT2D eigenvalue weighted by molar-refractivity contribution is 8.18. The van der Waals surface area contributed by atoms with Crippen LogP contribution in [0.5, 0.6) is 0 Å². The second-order valence-electron chi connectivity index (χ2n) is 4.73. The minimum atomic E-state index is -0.406. The number of amides is 2. The molecule has 1 fully saturated rings. The van der Waals surface area contributed by atoms with Crippen molar-refractivity contribution in [1.82, 2.24) is 4.90 Å². The Morgan fingerprint density at radius 2 is 2.17 bits per heavy atom. The Kier molecular flexibility index (Phi) is 6.40. The lowest BCUT2D eigenvalue weighted by atomic mass is 10.3. The first kappa shape index (κ1) is 18.0. The van der Waals surface area contributed by atoms with E-state index >= 15 is 0 Å². The number of benzene rings is 1. The summed E-state index contributed by atoms with van der Waals surface area (Å²) >= 11 is 7.03. The lowest BCUT2D eigenvalue weighted by Gasteiger charge is -2.12. The number of thioether (sulfide) groups is 1. The quantitative estimate of drug-likeness (QED) is 0.623. The van der Waals surface area contributed by atoms with E-state index in [4.69, 9.17) is 11.6 Å². The summed E-state index contributed by atoms with van der Waals surface area (Å²) in [5.41, 5.74) is 0.559. The average molecular weight is 362 g/mol. The molecular weight excluding hydrogens is 346 g/mol. The third-order valence-electron chi connectivity index (χ3n) is 2.91. The van der Waals surface area contributed by atoms with Crippen molar-refractivity contribution in [3.8, 4) is 0 Å². The van der Waals surface area contributed by atoms with E-state index in [9.17, 15) is 9.59 Å². The standard InChI is InChI=1S/C17H16ClN3O2S/c1-3-8-19-17-21(9-4-2)16(23)14(24-17)11-15(22)20-13-7-5-6-12(18)10-13/h3-7,10-11H,1-2,8-9H2,(H,20,22)/b14-11-,19-17?. The predicted octanol–water partition coefficient (Wildman–Crippen LogP) is 3.47. The Bertz CT molecular complexity index is 743. The zero-order chi connectivity index (χ0) is 17.5. The monoisotopic (exact) mass is 361 g/mol. The molecule has 5 nitrogen and oxygen atoms in total. The van der Waals surface area contributed by atoms with Crippen molar-refractivity contribution in [2.24, 2.45) is 4.99 Å². The Balaban J connectivity index is 2.16. The van der Waals surface area contributed by atoms with Crippen LogP contribution in [0.2, 0.25) is 5.02 Å². The van der Waals surface area contributed by atoms with E-state index in [1.54, 1.807) is 36.4 Å². The van der Waals surface area contributed by atoms with E-state index in [0.717, 1.165) is 11.8 Å². The van der Waals surface area contributed by atoms with E-state index in [1.807, 2.05) is 0 Å². The van der Waals surface area contributed by atoms with Crippen LogP contribution in [-0.2, 0) is 9.59 Å². The van der Waals surface area contributed by atoms with Gasteiger partial charge in [-0.2, -0.15) is 0 Å². The molecule has 124 valence electrons. The van der Waals surface area contributed by atoms with Gasteiger partial charge in [0.25, 0.3) is 5.91 Å². The second-order valence-corrected chi connectivity index (χ2v) is 6.17. The van der Waals surface area contributed by atoms with Crippen molar-refractivity contribution in [2.75, 3.05) is 18.4 Å². The van der Waals surface area contributed by atoms with E-state index in [-0.39, 0.29) is 5.91 Å². The zero-order valence-corrected chi connectivity index (χ0v) is 14.4. The van der Waals surface area contributed by atoms with E-state index in [1.165, 1.54) is 11.0 Å². The van der Waals surface area contributed by atoms with Crippen LogP contribution in [0.15, 0.2) is 65.5 Å². The van der Waals surface area contributed by atoms with Gasteiger partial charge in [-0.1, -0.05) is 29.8 Å². The molecule has 1 aliphatic heterocycles. The molecule has 1 aliphatic rings. The van der Waals surface area contributed by atoms with Gasteiger partial charge in [-0.15, -0.1) is 13.2 Å². The Hall–Kier alpha value is -2.31. The van der Waals surface area contributed by atoms with Gasteiger partial charge >= 0.3 is 0 Å². The molecule has 1 N–H and O–H groups in total. The molecule has 7 heteroatoms. The molecule has 0 aliphatic carbocycles. The molecule has 1 aromatic carbocycles. The maximum atomic E-state index is 12.4. The molecule has 2 rings (SSSR count). The number of hydrogen-bond acceptors (Lipinski definition) is 4. The van der Waals surface area contributed by atoms with Crippen LogP contribution in [-0.4, -0.2) is 35.0 Å². The van der Waals surface area contributed by atoms with Crippen LogP contribution in [0.3, 0.4) is 0 Å². The zero-order valence-electron chi connectivity index (χ0n) is 12.9. The number of nitrogens with zero attached hydrogens (tertiary/aromatic N) is 2. The highest BCUT2D eigenvalue weighted by atomic mass is 35.5. The fourth-order valence-corrected chi connectivity index (χ4v) is 3.08. The molecule has 0 bridgehead atoms. The number of aliphatic imine (C=N–C) groups is 1. The molecule has 0 saturated carbocycles. The van der Waals surface area contributed by atoms with Crippen LogP contribution in [0.1, 0.15) is 0 Å². The van der Waals surface area contributed by atoms with Gasteiger partial charge in [-0.25, -0.2) is 0 Å². The normalized spacial score (nSPS) is 17.4. The maximum absolute atomic E-state index is 12.4. The minimum absolute atomic E-state index is 0.274. The molecule has 1 saturated heterocycles. The summed E-state index contributed by atoms with van der Waals surface area (Å²) in [5, 5.41) is 3.72. The third-order valence-corrected chi connectivity index (χ3v) is 4.19. The summed E-state index contributed by atoms with van der Waals surface area (Å²) < 4.78 is 0. The van der Waals surface area contributed by atoms with Crippen LogP contribution in [0.25, 0.3) is 0 Å². The summed E-state index contributed by atoms with van der Waals surface area (Å²) in [6.45, 7) is 7.96. The number of amidine groups is 1. The minimum Gasteiger partial charge on any atom is -0.322 e. The molecule has 1 aromatic rings. The first-order chi connectivity index (χ1) is 11.5. The Labute approximate surface area is 149 Å². The van der Waals surface area contributed by atoms with Crippen molar-refractivity contribution in [3.63, 3.8) is 0 Å². The van der Waals surface area contributed by atoms with Crippen molar-refractivity contribution >= 4 is 46.0 Å². The Morgan fingerprint density at radius 3 is 2.83 bits per heavy atom. The van der Waals surface area contributed by atoms with Crippen molar-refractivity contribution < 1.29 is 9.59 Å². The fourth-order valence-electron chi connectivity index (χ4n) is 1.92. The van der Waals surface area contributed by atoms with Crippen molar-refractivity contribution in [2.45, 2.75) is 0 Å². The number of carbonyl (C=O) groups excluding carboxylic acids is 2. The first-order valence-corrected chi connectivity index (χ1v) is 8.28. The van der Waals surface area contributed by atoms with Gasteiger partial charge in [0.2, 0.25) is 5.91 Å². The van der Waals surface area contributed by atoms with Crippen molar-refractivity contribution in [1.29, 1.82) is 0 Å². The fraction of sp³-hybridized carbons (Fsp3) is 0.118. The van der Waals surface area contributed by atoms with Gasteiger partial charge in [0.15, 0.2) is 5.17 Å². The number of halogens is 1. The summed E-state index contributed by atoms with van der Waals surface area (Å²) in [6, 6.07) is 6.78. The number of hydrogen-bond donors (Lipinski definition) is 1. The average Bonchev–Trinajstić information content (AvgIpc) is 2.82. The molecule has 2 amide bonds. The lowest BCUT2D eigenvalue weighted by molar-refractivity contribution is -0.122. The topological polar surface area (TPSA) is 61.8 Å². The van der Waals surface area contributed by atoms with E-state index in [2.05, 4.69) is 23.5 Å². The lowest BCUT2D eigenvalue weighted by Crippen LogP contribution is -2.29. The maximum Gasteiger partial charge on any atom is 0.267 e. The molecule has 0 radical (unpaired) electrons. The number of anilines is 1. The van der Waals surface area contributed by atoms with Gasteiger partial charge in [0, 0.05) is 23.3 Å². The van der Waals surface area contributed by atoms with Gasteiger partial charge in [-0.3, -0.25) is 19.5 Å². The number of nitrogens with one attached hydrogen (secondary N) is 1. The summed E-state index contributed by atoms with van der Waals surface area (Å²) in [6.07, 6.45) is 4.51. The molecule has 0 atom stereocenters. The summed E-state index contributed by atoms with van der Waals surface area (Å²) in [7, 11) is 0. The molecule has 0 aromatic heterocycles. The van der Waals surface area contributed by atoms with Crippen LogP contribution in [0.4, 0.5) is 5.69 Å². The van der Waals surface area contributed by atoms with Gasteiger partial charge < -0.3 is 5.32 Å². The van der Waals surface area contributed by atoms with Crippen LogP contribution in [0, 0.1) is 0 Å². The number of carbonyl (C=O) groups is 2. The molecular formula is C17H16ClN3O2S. The largest absolute Gasteiger partial charge is 0.322 e. The van der Waals surface area contributed by atoms with Crippen LogP contribution < -0.4 is 5.32 Å². The highest BCUT2D eigenvalue weighted by Crippen LogP contribution is 2.30. The van der Waals surface area contributed by atoms with Gasteiger partial charge in [0.05, 0.1) is 11.4 Å². The first-order valence-electron chi connectivity index (χ1n) is 7.09. The molecule has 1 heterocycles. The Morgan fingerprint density at radius 1 is 1.38 bits per heavy atom. The third kappa shape index (κ3) is 4.59. The second kappa shape index (κ2) is 8.52. The smallest absolute Gasteiger partial charge is 0.267 e. The van der Waals surface area contributed by atoms with Crippen LogP contribution >= 0.6 is 23.4 Å². The summed E-state index contributed by atoms with van der Waals surface area (Å²) in [5.74, 6) is -0.680. The molecule has 0 unspecified atom stereocenters. The predicted molar refractivity (Wildman–Crippen MR) is 100 cm³/mol. The SMILES string of the molecule is C=CCN=C1S/C(=C\C(=O)Nc2cccc(Cl)c2)C(=O)N1CC=C. The van der Waals surface area contributed by atoms with Gasteiger partial charge in [-0.05, 0) is 30.0 Å². The van der Waals surface area contributed by atoms with E-state index in [0.29, 0.717) is 33.9 Å². The highest BCUT2D eigenvalue weighted by Gasteiger charge is 2.32. The summed E-state index contributed by atoms with van der Waals surface area (Å²) in [4.78, 5) is 30.6. The van der Waals surface area contributed by atoms with E-state index < -0.39 is 5.91 Å². The molecule has 0 spiro atoms. The van der Waals surface area contributed by atoms with Crippen molar-refractivity contribution in [3.05, 3.63) is 65.6 Å². The van der Waals surface area contributed by atoms with Gasteiger partial charge in [0.1, 0.15) is 0 Å². The number of rotatable bonds is 6.